The van der Waals surface area contributed by atoms with E-state index in [0.29, 0.717) is 18.8 Å². The number of nitrogens with one attached hydrogen (secondary N) is 2. The third-order valence-electron chi connectivity index (χ3n) is 3.69. The van der Waals surface area contributed by atoms with Crippen LogP contribution in [0.3, 0.4) is 0 Å². The van der Waals surface area contributed by atoms with Gasteiger partial charge in [0.1, 0.15) is 18.5 Å². The topological polar surface area (TPSA) is 90.9 Å². The summed E-state index contributed by atoms with van der Waals surface area (Å²) in [6, 6.07) is 3.92. The molecule has 3 N–H and O–H groups in total. The molecule has 0 fully saturated rings. The molecule has 0 aromatic heterocycles. The number of Topliss-reactive ketones (excluding diaryl/α,β-unsaturated/α-hetero) is 1. The molecule has 7 heteroatoms. The fraction of sp³-hybridized carbons (Fsp3) is 0.600. The molecule has 0 aliphatic carbocycles. The van der Waals surface area contributed by atoms with Crippen LogP contribution < -0.4 is 15.4 Å². The van der Waals surface area contributed by atoms with Crippen LogP contribution >= 0.6 is 0 Å². The fourth-order valence-corrected chi connectivity index (χ4v) is 2.24. The molecule has 0 saturated heterocycles. The number of rotatable bonds is 9. The van der Waals surface area contributed by atoms with Gasteiger partial charge in [-0.05, 0) is 59.5 Å². The van der Waals surface area contributed by atoms with Crippen LogP contribution in [0.25, 0.3) is 0 Å². The summed E-state index contributed by atoms with van der Waals surface area (Å²) in [6.45, 7) is -5.75. The number of ether oxygens (including phenoxy) is 1. The molecule has 0 spiro atoms. The van der Waals surface area contributed by atoms with E-state index in [1.807, 2.05) is 19.2 Å². The van der Waals surface area contributed by atoms with Crippen LogP contribution in [0.2, 0.25) is 0 Å². The Hall–Kier alpha value is -2.12. The first kappa shape index (κ1) is 12.4. The zero-order valence-electron chi connectivity index (χ0n) is 24.8. The van der Waals surface area contributed by atoms with E-state index in [-0.39, 0.29) is 17.3 Å². The maximum atomic E-state index is 12.3. The highest BCUT2D eigenvalue weighted by Crippen LogP contribution is 2.24. The van der Waals surface area contributed by atoms with E-state index in [0.717, 1.165) is 0 Å². The van der Waals surface area contributed by atoms with Crippen molar-refractivity contribution in [3.8, 4) is 5.75 Å². The molecule has 0 radical (unpaired) electrons. The second kappa shape index (κ2) is 10.3. The van der Waals surface area contributed by atoms with E-state index in [1.54, 1.807) is 4.90 Å². The van der Waals surface area contributed by atoms with Crippen molar-refractivity contribution in [1.29, 1.82) is 0 Å². The van der Waals surface area contributed by atoms with E-state index in [2.05, 4.69) is 5.32 Å². The van der Waals surface area contributed by atoms with Crippen molar-refractivity contribution in [2.45, 2.75) is 53.0 Å². The Morgan fingerprint density at radius 3 is 2.52 bits per heavy atom. The average Bonchev–Trinajstić information content (AvgIpc) is 2.70. The first-order valence-electron chi connectivity index (χ1n) is 13.1. The van der Waals surface area contributed by atoms with Gasteiger partial charge in [0.05, 0.1) is 5.56 Å². The quantitative estimate of drug-likeness (QED) is 0.566. The summed E-state index contributed by atoms with van der Waals surface area (Å²) in [5, 5.41) is 15.0. The summed E-state index contributed by atoms with van der Waals surface area (Å²) in [7, 11) is 0. The summed E-state index contributed by atoms with van der Waals surface area (Å²) in [5.41, 5.74) is -2.86. The number of carbonyl (C=O) groups excluding carboxylic acids is 2. The molecular weight excluding hydrogens is 346 g/mol. The van der Waals surface area contributed by atoms with Gasteiger partial charge in [-0.15, -0.1) is 0 Å². The maximum absolute atomic E-state index is 12.3. The van der Waals surface area contributed by atoms with Gasteiger partial charge in [0, 0.05) is 43.2 Å². The normalized spacial score (nSPS) is 18.7. The lowest BCUT2D eigenvalue weighted by atomic mass is 10.1. The van der Waals surface area contributed by atoms with Crippen molar-refractivity contribution in [3.05, 3.63) is 23.8 Å². The number of amides is 2. The van der Waals surface area contributed by atoms with Crippen molar-refractivity contribution in [3.63, 3.8) is 0 Å². The average molecular weight is 389 g/mol. The zero-order chi connectivity index (χ0) is 28.1. The number of urea groups is 1. The Morgan fingerprint density at radius 1 is 1.30 bits per heavy atom. The minimum atomic E-state index is -3.46. The Morgan fingerprint density at radius 2 is 1.96 bits per heavy atom. The Balaban J connectivity index is 3.03. The number of aliphatic hydroxyl groups excluding tert-OH is 1. The molecule has 7 nitrogen and oxygen atoms in total. The highest BCUT2D eigenvalue weighted by molar-refractivity contribution is 5.99. The number of hydrogen-bond acceptors (Lipinski definition) is 5. The fourth-order valence-electron chi connectivity index (χ4n) is 2.24. The van der Waals surface area contributed by atoms with Gasteiger partial charge in [0.15, 0.2) is 5.78 Å². The first-order valence-corrected chi connectivity index (χ1v) is 8.59. The van der Waals surface area contributed by atoms with Crippen LogP contribution in [0.15, 0.2) is 18.2 Å². The molecule has 0 bridgehead atoms. The first-order chi connectivity index (χ1) is 16.3. The molecule has 0 saturated carbocycles. The number of aliphatic hydroxyl groups is 1. The second-order valence-corrected chi connectivity index (χ2v) is 5.97. The smallest absolute Gasteiger partial charge is 0.321 e. The van der Waals surface area contributed by atoms with Crippen LogP contribution in [0.5, 0.6) is 5.75 Å². The molecule has 0 aliphatic rings. The number of carbonyl (C=O) groups is 2. The van der Waals surface area contributed by atoms with E-state index < -0.39 is 51.1 Å². The summed E-state index contributed by atoms with van der Waals surface area (Å²) < 4.78 is 73.8. The van der Waals surface area contributed by atoms with Gasteiger partial charge in [-0.25, -0.2) is 4.79 Å². The van der Waals surface area contributed by atoms with E-state index >= 15 is 0 Å². The molecular formula is C20H33N3O4. The lowest BCUT2D eigenvalue weighted by Gasteiger charge is -2.23. The van der Waals surface area contributed by atoms with Gasteiger partial charge < -0.3 is 25.4 Å². The minimum absolute atomic E-state index is 0.0520. The third-order valence-corrected chi connectivity index (χ3v) is 3.69. The van der Waals surface area contributed by atoms with Crippen LogP contribution in [-0.2, 0) is 0 Å². The number of hydrogen-bond donors (Lipinski definition) is 3. The van der Waals surface area contributed by atoms with Gasteiger partial charge in [0.25, 0.3) is 0 Å². The Bertz CT molecular complexity index is 877. The summed E-state index contributed by atoms with van der Waals surface area (Å²) >= 11 is 0. The SMILES string of the molecule is [2H]C([2H])([2H])C(NCC(O)COc1ccc(NC(=O)N(CC)CC)cc1C(C)=O)(C([2H])([2H])[2H])C([2H])([2H])[2H]. The van der Waals surface area contributed by atoms with Gasteiger partial charge in [-0.1, -0.05) is 0 Å². The summed E-state index contributed by atoms with van der Waals surface area (Å²) in [5.74, 6) is -0.348. The van der Waals surface area contributed by atoms with E-state index in [4.69, 9.17) is 17.1 Å². The van der Waals surface area contributed by atoms with Crippen molar-refractivity contribution in [1.82, 2.24) is 10.2 Å². The molecule has 1 rings (SSSR count). The third kappa shape index (κ3) is 7.97. The van der Waals surface area contributed by atoms with Gasteiger partial charge in [-0.2, -0.15) is 0 Å². The Labute approximate surface area is 174 Å². The highest BCUT2D eigenvalue weighted by atomic mass is 16.5. The van der Waals surface area contributed by atoms with Gasteiger partial charge in [-0.3, -0.25) is 4.79 Å². The molecule has 1 unspecified atom stereocenters. The number of benzene rings is 1. The van der Waals surface area contributed by atoms with Crippen LogP contribution in [0.4, 0.5) is 10.5 Å². The molecule has 0 heterocycles. The lowest BCUT2D eigenvalue weighted by Crippen LogP contribution is -2.42. The van der Waals surface area contributed by atoms with Gasteiger partial charge >= 0.3 is 6.03 Å². The van der Waals surface area contributed by atoms with E-state index in [9.17, 15) is 14.7 Å². The number of ketones is 1. The predicted octanol–water partition coefficient (Wildman–Crippen LogP) is 2.89. The van der Waals surface area contributed by atoms with Crippen LogP contribution in [0, 0.1) is 0 Å². The van der Waals surface area contributed by atoms with Crippen LogP contribution in [-0.4, -0.2) is 59.7 Å². The predicted molar refractivity (Wildman–Crippen MR) is 108 cm³/mol. The maximum Gasteiger partial charge on any atom is 0.321 e. The second-order valence-electron chi connectivity index (χ2n) is 5.97. The highest BCUT2D eigenvalue weighted by Gasteiger charge is 2.16. The molecule has 27 heavy (non-hydrogen) atoms. The zero-order valence-corrected chi connectivity index (χ0v) is 15.8. The molecule has 1 atom stereocenters. The largest absolute Gasteiger partial charge is 0.490 e. The molecule has 0 aliphatic heterocycles. The van der Waals surface area contributed by atoms with Crippen molar-refractivity contribution in [2.75, 3.05) is 31.6 Å². The lowest BCUT2D eigenvalue weighted by molar-refractivity contribution is 0.0950. The Kier molecular flexibility index (Phi) is 4.70. The summed E-state index contributed by atoms with van der Waals surface area (Å²) in [6.07, 6.45) is -1.53. The standard InChI is InChI=1S/C20H33N3O4/c1-7-23(8-2)19(26)22-15-9-10-18(17(11-15)14(3)24)27-13-16(25)12-21-20(4,5)6/h9-11,16,21,25H,7-8,12-13H2,1-6H3,(H,22,26)/i4D3,5D3,6D3. The number of β-amino-alcohol motifs (C(OH)–C–C–N with tert-alkyl or cyclic N) is 1. The monoisotopic (exact) mass is 388 g/mol. The number of nitrogens with zero attached hydrogens (tertiary/aromatic N) is 1. The molecule has 1 aromatic rings. The van der Waals surface area contributed by atoms with Crippen molar-refractivity contribution < 1.29 is 31.8 Å². The van der Waals surface area contributed by atoms with Crippen molar-refractivity contribution in [2.24, 2.45) is 0 Å². The molecule has 152 valence electrons. The summed E-state index contributed by atoms with van der Waals surface area (Å²) in [4.78, 5) is 25.9. The molecule has 2 amide bonds. The number of anilines is 1. The van der Waals surface area contributed by atoms with Crippen LogP contribution in [0.1, 0.15) is 64.0 Å². The van der Waals surface area contributed by atoms with E-state index in [1.165, 1.54) is 25.1 Å². The minimum Gasteiger partial charge on any atom is -0.490 e. The van der Waals surface area contributed by atoms with Gasteiger partial charge in [0.2, 0.25) is 0 Å². The molecule has 1 aromatic carbocycles. The van der Waals surface area contributed by atoms with Crippen molar-refractivity contribution >= 4 is 17.5 Å².